The lowest BCUT2D eigenvalue weighted by molar-refractivity contribution is -0.231. The number of para-hydroxylation sites is 2. The lowest BCUT2D eigenvalue weighted by Crippen LogP contribution is -2.73. The van der Waals surface area contributed by atoms with Crippen molar-refractivity contribution in [1.29, 1.82) is 0 Å². The Bertz CT molecular complexity index is 2460. The largest absolute Gasteiger partial charge is 0.454 e. The molecule has 2 bridgehead atoms. The first-order valence-corrected chi connectivity index (χ1v) is 19.3. The van der Waals surface area contributed by atoms with E-state index in [4.69, 9.17) is 4.42 Å². The van der Waals surface area contributed by atoms with Crippen LogP contribution >= 0.6 is 0 Å². The highest BCUT2D eigenvalue weighted by Gasteiger charge is 2.84. The Morgan fingerprint density at radius 1 is 0.620 bits per heavy atom. The molecule has 50 heavy (non-hydrogen) atoms. The molecule has 1 aromatic heterocycles. The predicted molar refractivity (Wildman–Crippen MR) is 205 cm³/mol. The van der Waals surface area contributed by atoms with Crippen LogP contribution in [0.4, 0.5) is 17.1 Å². The number of hydrogen-bond acceptors (Lipinski definition) is 2. The van der Waals surface area contributed by atoms with Gasteiger partial charge in [0.25, 0.3) is 0 Å². The van der Waals surface area contributed by atoms with Crippen molar-refractivity contribution in [2.75, 3.05) is 4.90 Å². The van der Waals surface area contributed by atoms with Gasteiger partial charge in [0.05, 0.1) is 11.4 Å². The van der Waals surface area contributed by atoms with Gasteiger partial charge in [-0.1, -0.05) is 100 Å². The normalized spacial score (nSPS) is 31.2. The van der Waals surface area contributed by atoms with Gasteiger partial charge in [-0.3, -0.25) is 0 Å². The molecular formula is C48H45NO. The Balaban J connectivity index is 1.17. The summed E-state index contributed by atoms with van der Waals surface area (Å²) in [6.45, 7) is 9.78. The van der Waals surface area contributed by atoms with Crippen molar-refractivity contribution in [1.82, 2.24) is 0 Å². The Kier molecular flexibility index (Phi) is 5.08. The summed E-state index contributed by atoms with van der Waals surface area (Å²) in [7, 11) is 0. The van der Waals surface area contributed by atoms with Gasteiger partial charge in [-0.05, 0) is 142 Å². The lowest BCUT2D eigenvalue weighted by Gasteiger charge is -2.76. The van der Waals surface area contributed by atoms with Crippen LogP contribution in [0.15, 0.2) is 108 Å². The second-order valence-corrected chi connectivity index (χ2v) is 18.4. The van der Waals surface area contributed by atoms with Gasteiger partial charge in [-0.2, -0.15) is 0 Å². The molecule has 4 fully saturated rings. The second kappa shape index (κ2) is 8.94. The summed E-state index contributed by atoms with van der Waals surface area (Å²) >= 11 is 0. The molecule has 248 valence electrons. The van der Waals surface area contributed by atoms with Gasteiger partial charge in [0.15, 0.2) is 5.58 Å². The Morgan fingerprint density at radius 3 is 2.22 bits per heavy atom. The van der Waals surface area contributed by atoms with Gasteiger partial charge in [0.2, 0.25) is 0 Å². The third-order valence-electron chi connectivity index (χ3n) is 15.6. The summed E-state index contributed by atoms with van der Waals surface area (Å²) in [5.41, 5.74) is 15.7. The highest BCUT2D eigenvalue weighted by Crippen LogP contribution is 2.90. The van der Waals surface area contributed by atoms with Gasteiger partial charge >= 0.3 is 0 Å². The van der Waals surface area contributed by atoms with Crippen LogP contribution < -0.4 is 4.90 Å². The third-order valence-corrected chi connectivity index (χ3v) is 15.6. The first-order valence-electron chi connectivity index (χ1n) is 19.3. The van der Waals surface area contributed by atoms with Crippen molar-refractivity contribution in [3.05, 3.63) is 125 Å². The van der Waals surface area contributed by atoms with E-state index < -0.39 is 0 Å². The van der Waals surface area contributed by atoms with Crippen LogP contribution in [0.3, 0.4) is 0 Å². The molecule has 0 amide bonds. The maximum atomic E-state index is 6.86. The fourth-order valence-corrected chi connectivity index (χ4v) is 13.6. The van der Waals surface area contributed by atoms with Crippen LogP contribution in [-0.4, -0.2) is 0 Å². The van der Waals surface area contributed by atoms with Crippen LogP contribution in [0.2, 0.25) is 0 Å². The predicted octanol–water partition coefficient (Wildman–Crippen LogP) is 12.7. The van der Waals surface area contributed by atoms with E-state index >= 15 is 0 Å². The van der Waals surface area contributed by atoms with E-state index in [2.05, 4.69) is 136 Å². The highest BCUT2D eigenvalue weighted by molar-refractivity contribution is 6.10. The fourth-order valence-electron chi connectivity index (χ4n) is 13.6. The Hall–Kier alpha value is -4.30. The topological polar surface area (TPSA) is 16.4 Å². The van der Waals surface area contributed by atoms with Gasteiger partial charge in [-0.25, -0.2) is 0 Å². The lowest BCUT2D eigenvalue weighted by atomic mass is 9.26. The standard InChI is InChI=1S/C48H45NO/c1-45(2)21-22-46(3,4)37-26-30(19-20-36(37)45)49(39-17-10-14-34-32-12-6-8-18-40(32)50-44(34)39)38-16-9-13-33-31-11-5-7-15-35(31)48(43(33)38)41-24-28-23-29-25-42(48)47(29,41)27-28/h5-20,26,28-29,41-42H,21-25,27H2,1-4H3. The number of furan rings is 1. The number of fused-ring (bicyclic) bond motifs is 12. The molecule has 6 aliphatic rings. The Labute approximate surface area is 295 Å². The maximum Gasteiger partial charge on any atom is 0.159 e. The summed E-state index contributed by atoms with van der Waals surface area (Å²) in [6, 6.07) is 39.6. The molecule has 6 atom stereocenters. The molecule has 0 N–H and O–H groups in total. The molecule has 2 heteroatoms. The van der Waals surface area contributed by atoms with Crippen LogP contribution in [-0.2, 0) is 16.2 Å². The minimum absolute atomic E-state index is 0.0870. The van der Waals surface area contributed by atoms with Crippen molar-refractivity contribution in [3.63, 3.8) is 0 Å². The smallest absolute Gasteiger partial charge is 0.159 e. The molecule has 2 nitrogen and oxygen atoms in total. The average molecular weight is 652 g/mol. The molecule has 4 saturated carbocycles. The summed E-state index contributed by atoms with van der Waals surface area (Å²) < 4.78 is 6.86. The van der Waals surface area contributed by atoms with Crippen molar-refractivity contribution >= 4 is 39.0 Å². The zero-order valence-corrected chi connectivity index (χ0v) is 29.7. The van der Waals surface area contributed by atoms with E-state index in [1.165, 1.54) is 82.9 Å². The number of hydrogen-bond donors (Lipinski definition) is 0. The molecule has 6 unspecified atom stereocenters. The first kappa shape index (κ1) is 28.4. The number of benzene rings is 5. The van der Waals surface area contributed by atoms with Gasteiger partial charge < -0.3 is 9.32 Å². The fraction of sp³-hybridized carbons (Fsp3) is 0.375. The van der Waals surface area contributed by atoms with E-state index in [1.807, 2.05) is 0 Å². The van der Waals surface area contributed by atoms with Crippen molar-refractivity contribution in [2.24, 2.45) is 29.1 Å². The highest BCUT2D eigenvalue weighted by atomic mass is 16.3. The summed E-state index contributed by atoms with van der Waals surface area (Å²) in [5, 5.41) is 2.37. The molecule has 0 saturated heterocycles. The molecule has 2 spiro atoms. The molecule has 1 heterocycles. The van der Waals surface area contributed by atoms with Crippen molar-refractivity contribution in [3.8, 4) is 11.1 Å². The van der Waals surface area contributed by atoms with E-state index in [0.29, 0.717) is 5.41 Å². The first-order chi connectivity index (χ1) is 24.2. The monoisotopic (exact) mass is 651 g/mol. The van der Waals surface area contributed by atoms with Gasteiger partial charge in [-0.15, -0.1) is 0 Å². The zero-order valence-electron chi connectivity index (χ0n) is 29.7. The van der Waals surface area contributed by atoms with Crippen LogP contribution in [0.1, 0.15) is 88.5 Å². The number of nitrogens with zero attached hydrogens (tertiary/aromatic N) is 1. The molecule has 6 aliphatic carbocycles. The van der Waals surface area contributed by atoms with Crippen molar-refractivity contribution in [2.45, 2.75) is 82.5 Å². The Morgan fingerprint density at radius 2 is 1.34 bits per heavy atom. The summed E-state index contributed by atoms with van der Waals surface area (Å²) in [5.74, 6) is 3.36. The second-order valence-electron chi connectivity index (χ2n) is 18.4. The molecular weight excluding hydrogens is 607 g/mol. The van der Waals surface area contributed by atoms with Crippen LogP contribution in [0, 0.1) is 29.1 Å². The van der Waals surface area contributed by atoms with E-state index in [0.717, 1.165) is 40.5 Å². The van der Waals surface area contributed by atoms with E-state index in [9.17, 15) is 0 Å². The quantitative estimate of drug-likeness (QED) is 0.189. The molecule has 0 aliphatic heterocycles. The maximum absolute atomic E-state index is 6.86. The van der Waals surface area contributed by atoms with Crippen LogP contribution in [0.25, 0.3) is 33.1 Å². The summed E-state index contributed by atoms with van der Waals surface area (Å²) in [4.78, 5) is 2.63. The molecule has 5 aromatic carbocycles. The third kappa shape index (κ3) is 3.09. The molecule has 0 radical (unpaired) electrons. The minimum atomic E-state index is 0.0870. The van der Waals surface area contributed by atoms with Gasteiger partial charge in [0, 0.05) is 21.9 Å². The minimum Gasteiger partial charge on any atom is -0.454 e. The van der Waals surface area contributed by atoms with Crippen LogP contribution in [0.5, 0.6) is 0 Å². The number of rotatable bonds is 3. The average Bonchev–Trinajstić information content (AvgIpc) is 3.85. The van der Waals surface area contributed by atoms with Crippen molar-refractivity contribution < 1.29 is 4.42 Å². The van der Waals surface area contributed by atoms with E-state index in [-0.39, 0.29) is 16.2 Å². The molecule has 6 aromatic rings. The SMILES string of the molecule is CC1(C)CCC(C)(C)c2cc(N(c3cccc4c3C3(c5ccccc5-4)C4CC5CC6CC3C64C5)c3cccc4c3oc3ccccc34)ccc21. The zero-order chi connectivity index (χ0) is 33.4. The van der Waals surface area contributed by atoms with Gasteiger partial charge in [0.1, 0.15) is 5.58 Å². The number of anilines is 3. The molecule has 12 rings (SSSR count). The van der Waals surface area contributed by atoms with E-state index in [1.54, 1.807) is 11.1 Å². The summed E-state index contributed by atoms with van der Waals surface area (Å²) in [6.07, 6.45) is 8.18.